The van der Waals surface area contributed by atoms with E-state index in [4.69, 9.17) is 10.5 Å². The molecule has 0 aliphatic heterocycles. The predicted octanol–water partition coefficient (Wildman–Crippen LogP) is 2.59. The first kappa shape index (κ1) is 11.3. The maximum absolute atomic E-state index is 10.6. The highest BCUT2D eigenvalue weighted by atomic mass is 32.2. The fraction of sp³-hybridized carbons (Fsp3) is 0.222. The Bertz CT molecular complexity index is 342. The zero-order chi connectivity index (χ0) is 10.6. The van der Waals surface area contributed by atoms with Crippen LogP contribution in [0.25, 0.3) is 0 Å². The normalized spacial score (nSPS) is 9.86. The number of hydrogen-bond donors (Lipinski definition) is 1. The summed E-state index contributed by atoms with van der Waals surface area (Å²) in [5.41, 5.74) is 4.96. The molecule has 76 valence electrons. The van der Waals surface area contributed by atoms with E-state index in [1.807, 2.05) is 24.6 Å². The number of carbonyl (C=O) groups excluding carboxylic acids is 1. The van der Waals surface area contributed by atoms with Crippen molar-refractivity contribution in [3.8, 4) is 5.75 Å². The van der Waals surface area contributed by atoms with Crippen LogP contribution in [-0.4, -0.2) is 18.6 Å². The van der Waals surface area contributed by atoms with Crippen molar-refractivity contribution in [2.45, 2.75) is 9.79 Å². The predicted molar refractivity (Wildman–Crippen MR) is 60.2 cm³/mol. The molecule has 0 saturated heterocycles. The van der Waals surface area contributed by atoms with E-state index < -0.39 is 6.09 Å². The summed E-state index contributed by atoms with van der Waals surface area (Å²) in [7, 11) is 0. The van der Waals surface area contributed by atoms with Crippen molar-refractivity contribution in [2.24, 2.45) is 5.73 Å². The van der Waals surface area contributed by atoms with Gasteiger partial charge in [-0.3, -0.25) is 0 Å². The minimum Gasteiger partial charge on any atom is -0.409 e. The number of carbonyl (C=O) groups is 1. The second-order valence-electron chi connectivity index (χ2n) is 2.41. The number of ether oxygens (including phenoxy) is 1. The molecule has 3 nitrogen and oxygen atoms in total. The van der Waals surface area contributed by atoms with E-state index in [0.717, 1.165) is 9.79 Å². The van der Waals surface area contributed by atoms with Gasteiger partial charge in [0.15, 0.2) is 0 Å². The fourth-order valence-corrected chi connectivity index (χ4v) is 2.63. The van der Waals surface area contributed by atoms with Crippen LogP contribution in [0.4, 0.5) is 4.79 Å². The molecule has 0 unspecified atom stereocenters. The molecule has 0 aliphatic rings. The Kier molecular flexibility index (Phi) is 4.16. The lowest BCUT2D eigenvalue weighted by Crippen LogP contribution is -2.16. The summed E-state index contributed by atoms with van der Waals surface area (Å²) in [6.45, 7) is 0. The molecule has 0 spiro atoms. The molecule has 1 rings (SSSR count). The molecule has 1 aromatic carbocycles. The van der Waals surface area contributed by atoms with Gasteiger partial charge in [0.25, 0.3) is 0 Å². The third kappa shape index (κ3) is 2.59. The van der Waals surface area contributed by atoms with Crippen molar-refractivity contribution in [2.75, 3.05) is 12.5 Å². The Morgan fingerprint density at radius 1 is 1.36 bits per heavy atom. The van der Waals surface area contributed by atoms with E-state index in [0.29, 0.717) is 5.75 Å². The number of amides is 1. The largest absolute Gasteiger partial charge is 0.410 e. The van der Waals surface area contributed by atoms with Gasteiger partial charge in [0.1, 0.15) is 5.75 Å². The third-order valence-corrected chi connectivity index (χ3v) is 3.32. The van der Waals surface area contributed by atoms with Crippen molar-refractivity contribution in [1.82, 2.24) is 0 Å². The number of benzene rings is 1. The first-order valence-corrected chi connectivity index (χ1v) is 6.32. The standard InChI is InChI=1S/C9H11NO2S2/c1-13-7-5-3-4-6(8(7)14-2)12-9(10)11/h3-5H,1-2H3,(H2,10,11). The summed E-state index contributed by atoms with van der Waals surface area (Å²) in [5.74, 6) is 0.525. The summed E-state index contributed by atoms with van der Waals surface area (Å²) in [5, 5.41) is 0. The van der Waals surface area contributed by atoms with Crippen LogP contribution in [0.15, 0.2) is 28.0 Å². The van der Waals surface area contributed by atoms with Gasteiger partial charge in [-0.1, -0.05) is 6.07 Å². The summed E-state index contributed by atoms with van der Waals surface area (Å²) in [6.07, 6.45) is 3.13. The molecule has 0 aromatic heterocycles. The Morgan fingerprint density at radius 2 is 2.07 bits per heavy atom. The molecule has 0 saturated carbocycles. The van der Waals surface area contributed by atoms with Gasteiger partial charge in [0.2, 0.25) is 0 Å². The number of rotatable bonds is 3. The molecule has 0 aliphatic carbocycles. The number of hydrogen-bond acceptors (Lipinski definition) is 4. The molecule has 5 heteroatoms. The lowest BCUT2D eigenvalue weighted by molar-refractivity contribution is 0.209. The summed E-state index contributed by atoms with van der Waals surface area (Å²) in [6, 6.07) is 5.55. The van der Waals surface area contributed by atoms with Crippen molar-refractivity contribution < 1.29 is 9.53 Å². The van der Waals surface area contributed by atoms with Crippen LogP contribution in [0.5, 0.6) is 5.75 Å². The topological polar surface area (TPSA) is 52.3 Å². The SMILES string of the molecule is CSc1cccc(OC(N)=O)c1SC. The van der Waals surface area contributed by atoms with Gasteiger partial charge in [0.05, 0.1) is 4.90 Å². The summed E-state index contributed by atoms with van der Waals surface area (Å²) in [4.78, 5) is 12.6. The van der Waals surface area contributed by atoms with Gasteiger partial charge >= 0.3 is 6.09 Å². The lowest BCUT2D eigenvalue weighted by atomic mass is 10.3. The summed E-state index contributed by atoms with van der Waals surface area (Å²) >= 11 is 3.14. The van der Waals surface area contributed by atoms with Crippen LogP contribution < -0.4 is 10.5 Å². The molecule has 0 atom stereocenters. The average Bonchev–Trinajstić information content (AvgIpc) is 2.16. The Labute approximate surface area is 91.4 Å². The molecule has 0 fully saturated rings. The molecule has 0 bridgehead atoms. The second-order valence-corrected chi connectivity index (χ2v) is 4.08. The molecule has 14 heavy (non-hydrogen) atoms. The average molecular weight is 229 g/mol. The van der Waals surface area contributed by atoms with Gasteiger partial charge in [-0.05, 0) is 24.6 Å². The first-order valence-electron chi connectivity index (χ1n) is 3.87. The monoisotopic (exact) mass is 229 g/mol. The van der Waals surface area contributed by atoms with Gasteiger partial charge in [-0.2, -0.15) is 0 Å². The van der Waals surface area contributed by atoms with Gasteiger partial charge in [-0.25, -0.2) is 4.79 Å². The van der Waals surface area contributed by atoms with Gasteiger partial charge in [-0.15, -0.1) is 23.5 Å². The molecule has 1 aromatic rings. The first-order chi connectivity index (χ1) is 6.69. The third-order valence-electron chi connectivity index (χ3n) is 1.58. The zero-order valence-corrected chi connectivity index (χ0v) is 9.58. The fourth-order valence-electron chi connectivity index (χ4n) is 1.05. The van der Waals surface area contributed by atoms with E-state index in [1.165, 1.54) is 11.8 Å². The minimum atomic E-state index is -0.779. The van der Waals surface area contributed by atoms with E-state index in [9.17, 15) is 4.79 Å². The van der Waals surface area contributed by atoms with Crippen molar-refractivity contribution >= 4 is 29.6 Å². The van der Waals surface area contributed by atoms with E-state index in [2.05, 4.69) is 0 Å². The molecular weight excluding hydrogens is 218 g/mol. The Balaban J connectivity index is 3.08. The van der Waals surface area contributed by atoms with Crippen LogP contribution in [0.1, 0.15) is 0 Å². The zero-order valence-electron chi connectivity index (χ0n) is 7.94. The van der Waals surface area contributed by atoms with Crippen LogP contribution in [0.2, 0.25) is 0 Å². The molecule has 2 N–H and O–H groups in total. The maximum atomic E-state index is 10.6. The van der Waals surface area contributed by atoms with Gasteiger partial charge in [0, 0.05) is 4.90 Å². The second kappa shape index (κ2) is 5.17. The highest BCUT2D eigenvalue weighted by Gasteiger charge is 2.09. The molecule has 0 radical (unpaired) electrons. The molecule has 1 amide bonds. The van der Waals surface area contributed by atoms with E-state index in [-0.39, 0.29) is 0 Å². The van der Waals surface area contributed by atoms with Gasteiger partial charge < -0.3 is 10.5 Å². The smallest absolute Gasteiger partial charge is 0.409 e. The van der Waals surface area contributed by atoms with Crippen LogP contribution in [0, 0.1) is 0 Å². The van der Waals surface area contributed by atoms with E-state index >= 15 is 0 Å². The molecule has 0 heterocycles. The lowest BCUT2D eigenvalue weighted by Gasteiger charge is -2.09. The number of primary amides is 1. The van der Waals surface area contributed by atoms with Crippen LogP contribution in [-0.2, 0) is 0 Å². The Hall–Kier alpha value is -0.810. The maximum Gasteiger partial charge on any atom is 0.410 e. The van der Waals surface area contributed by atoms with Crippen LogP contribution >= 0.6 is 23.5 Å². The minimum absolute atomic E-state index is 0.525. The van der Waals surface area contributed by atoms with Crippen molar-refractivity contribution in [3.63, 3.8) is 0 Å². The quantitative estimate of drug-likeness (QED) is 0.809. The van der Waals surface area contributed by atoms with Crippen molar-refractivity contribution in [3.05, 3.63) is 18.2 Å². The highest BCUT2D eigenvalue weighted by Crippen LogP contribution is 2.35. The summed E-state index contributed by atoms with van der Waals surface area (Å²) < 4.78 is 4.88. The molecular formula is C9H11NO2S2. The van der Waals surface area contributed by atoms with E-state index in [1.54, 1.807) is 17.8 Å². The number of thioether (sulfide) groups is 2. The Morgan fingerprint density at radius 3 is 2.57 bits per heavy atom. The number of nitrogens with two attached hydrogens (primary N) is 1. The van der Waals surface area contributed by atoms with Crippen LogP contribution in [0.3, 0.4) is 0 Å². The highest BCUT2D eigenvalue weighted by molar-refractivity contribution is 8.01. The van der Waals surface area contributed by atoms with Crippen molar-refractivity contribution in [1.29, 1.82) is 0 Å².